The van der Waals surface area contributed by atoms with Crippen molar-refractivity contribution in [2.45, 2.75) is 25.2 Å². The molecule has 50 heavy (non-hydrogen) atoms. The number of benzene rings is 7. The van der Waals surface area contributed by atoms with E-state index in [1.807, 2.05) is 0 Å². The molecule has 0 aliphatic heterocycles. The number of hydrogen-bond donors (Lipinski definition) is 0. The van der Waals surface area contributed by atoms with Crippen molar-refractivity contribution in [1.29, 1.82) is 0 Å². The molecule has 0 aliphatic rings. The van der Waals surface area contributed by atoms with Crippen LogP contribution in [-0.4, -0.2) is 14.1 Å². The fraction of sp³-hybridized carbons (Fsp3) is 0.125. The Balaban J connectivity index is 1.35. The summed E-state index contributed by atoms with van der Waals surface area (Å²) in [6.45, 7) is 4.49. The number of anilines is 4. The Kier molecular flexibility index (Phi) is 9.36. The minimum atomic E-state index is -0.490. The van der Waals surface area contributed by atoms with E-state index in [0.29, 0.717) is 5.92 Å². The Hall–Kier alpha value is -5.86. The van der Waals surface area contributed by atoms with Gasteiger partial charge in [-0.1, -0.05) is 153 Å². The SMILES string of the molecule is CC(C)c1ccc(N(c2ccc(-c3ccc(N(C)C)cc3)cc2)c2ccc(C(c3ccccc3)(c3ccccc3)c3ccccc3)cc2)cc1. The molecule has 0 N–H and O–H groups in total. The van der Waals surface area contributed by atoms with E-state index in [4.69, 9.17) is 0 Å². The van der Waals surface area contributed by atoms with Crippen molar-refractivity contribution >= 4 is 22.7 Å². The van der Waals surface area contributed by atoms with Gasteiger partial charge in [-0.25, -0.2) is 0 Å². The summed E-state index contributed by atoms with van der Waals surface area (Å²) in [4.78, 5) is 4.49. The van der Waals surface area contributed by atoms with E-state index in [2.05, 4.69) is 226 Å². The van der Waals surface area contributed by atoms with Gasteiger partial charge in [0.2, 0.25) is 0 Å². The second-order valence-corrected chi connectivity index (χ2v) is 13.5. The van der Waals surface area contributed by atoms with Gasteiger partial charge in [0.15, 0.2) is 0 Å². The molecule has 2 nitrogen and oxygen atoms in total. The average molecular weight is 649 g/mol. The normalized spacial score (nSPS) is 11.4. The molecule has 0 atom stereocenters. The molecule has 0 fully saturated rings. The third-order valence-electron chi connectivity index (χ3n) is 9.84. The number of rotatable bonds is 10. The van der Waals surface area contributed by atoms with Crippen LogP contribution in [0.3, 0.4) is 0 Å². The molecule has 0 aliphatic carbocycles. The molecule has 0 saturated heterocycles. The van der Waals surface area contributed by atoms with Gasteiger partial charge in [0, 0.05) is 36.8 Å². The van der Waals surface area contributed by atoms with Crippen LogP contribution in [0.25, 0.3) is 11.1 Å². The van der Waals surface area contributed by atoms with Crippen LogP contribution in [0.15, 0.2) is 188 Å². The fourth-order valence-electron chi connectivity index (χ4n) is 7.14. The summed E-state index contributed by atoms with van der Waals surface area (Å²) in [5.41, 5.74) is 12.7. The van der Waals surface area contributed by atoms with Crippen LogP contribution in [0, 0.1) is 0 Å². The Morgan fingerprint density at radius 3 is 1.04 bits per heavy atom. The van der Waals surface area contributed by atoms with Gasteiger partial charge in [0.25, 0.3) is 0 Å². The summed E-state index contributed by atoms with van der Waals surface area (Å²) in [5.74, 6) is 0.469. The molecule has 0 bridgehead atoms. The molecule has 0 amide bonds. The third kappa shape index (κ3) is 6.33. The van der Waals surface area contributed by atoms with Gasteiger partial charge < -0.3 is 9.80 Å². The minimum Gasteiger partial charge on any atom is -0.378 e. The maximum absolute atomic E-state index is 2.36. The summed E-state index contributed by atoms with van der Waals surface area (Å²) in [5, 5.41) is 0. The van der Waals surface area contributed by atoms with E-state index >= 15 is 0 Å². The largest absolute Gasteiger partial charge is 0.378 e. The smallest absolute Gasteiger partial charge is 0.0701 e. The first-order chi connectivity index (χ1) is 24.4. The highest BCUT2D eigenvalue weighted by Crippen LogP contribution is 2.46. The van der Waals surface area contributed by atoms with E-state index in [1.54, 1.807) is 0 Å². The van der Waals surface area contributed by atoms with Crippen molar-refractivity contribution in [1.82, 2.24) is 0 Å². The summed E-state index contributed by atoms with van der Waals surface area (Å²) >= 11 is 0. The Labute approximate surface area is 297 Å². The Morgan fingerprint density at radius 1 is 0.360 bits per heavy atom. The lowest BCUT2D eigenvalue weighted by Crippen LogP contribution is -2.31. The van der Waals surface area contributed by atoms with Crippen LogP contribution in [0.5, 0.6) is 0 Å². The summed E-state index contributed by atoms with van der Waals surface area (Å²) in [6.07, 6.45) is 0. The quantitative estimate of drug-likeness (QED) is 0.136. The second-order valence-electron chi connectivity index (χ2n) is 13.5. The molecule has 7 rings (SSSR count). The van der Waals surface area contributed by atoms with Crippen LogP contribution in [0.4, 0.5) is 22.7 Å². The lowest BCUT2D eigenvalue weighted by Gasteiger charge is -2.37. The van der Waals surface area contributed by atoms with Gasteiger partial charge >= 0.3 is 0 Å². The van der Waals surface area contributed by atoms with Crippen LogP contribution >= 0.6 is 0 Å². The van der Waals surface area contributed by atoms with E-state index in [9.17, 15) is 0 Å². The van der Waals surface area contributed by atoms with Crippen LogP contribution < -0.4 is 9.80 Å². The first-order valence-electron chi connectivity index (χ1n) is 17.5. The van der Waals surface area contributed by atoms with Crippen molar-refractivity contribution in [3.63, 3.8) is 0 Å². The fourth-order valence-corrected chi connectivity index (χ4v) is 7.14. The zero-order valence-electron chi connectivity index (χ0n) is 29.4. The van der Waals surface area contributed by atoms with E-state index in [1.165, 1.54) is 44.6 Å². The standard InChI is InChI=1S/C48H44N2/c1-36(2)37-20-30-45(31-21-37)50(46-32-24-39(25-33-46)38-22-28-44(29-23-38)49(3)4)47-34-26-43(27-35-47)48(40-14-8-5-9-15-40,41-16-10-6-11-17-41)42-18-12-7-13-19-42/h5-36H,1-4H3. The zero-order valence-corrected chi connectivity index (χ0v) is 29.4. The molecule has 7 aromatic rings. The Morgan fingerprint density at radius 2 is 0.680 bits per heavy atom. The molecule has 0 unspecified atom stereocenters. The first kappa shape index (κ1) is 32.7. The van der Waals surface area contributed by atoms with Gasteiger partial charge in [-0.05, 0) is 93.4 Å². The molecule has 0 radical (unpaired) electrons. The van der Waals surface area contributed by atoms with Crippen LogP contribution in [-0.2, 0) is 5.41 Å². The van der Waals surface area contributed by atoms with E-state index in [0.717, 1.165) is 17.1 Å². The zero-order chi connectivity index (χ0) is 34.5. The molecular formula is C48H44N2. The third-order valence-corrected chi connectivity index (χ3v) is 9.84. The summed E-state index contributed by atoms with van der Waals surface area (Å²) in [6, 6.07) is 68.6. The summed E-state index contributed by atoms with van der Waals surface area (Å²) in [7, 11) is 4.15. The molecular weight excluding hydrogens is 605 g/mol. The predicted octanol–water partition coefficient (Wildman–Crippen LogP) is 12.4. The average Bonchev–Trinajstić information content (AvgIpc) is 3.18. The predicted molar refractivity (Wildman–Crippen MR) is 213 cm³/mol. The summed E-state index contributed by atoms with van der Waals surface area (Å²) < 4.78 is 0. The van der Waals surface area contributed by atoms with Gasteiger partial charge in [-0.15, -0.1) is 0 Å². The second kappa shape index (κ2) is 14.3. The Bertz CT molecular complexity index is 2000. The lowest BCUT2D eigenvalue weighted by molar-refractivity contribution is 0.745. The van der Waals surface area contributed by atoms with E-state index < -0.39 is 5.41 Å². The van der Waals surface area contributed by atoms with Crippen LogP contribution in [0.1, 0.15) is 47.6 Å². The molecule has 0 spiro atoms. The van der Waals surface area contributed by atoms with Gasteiger partial charge in [-0.2, -0.15) is 0 Å². The van der Waals surface area contributed by atoms with Crippen molar-refractivity contribution in [2.75, 3.05) is 23.9 Å². The van der Waals surface area contributed by atoms with Gasteiger partial charge in [-0.3, -0.25) is 0 Å². The van der Waals surface area contributed by atoms with Crippen molar-refractivity contribution in [3.8, 4) is 11.1 Å². The highest BCUT2D eigenvalue weighted by Gasteiger charge is 2.38. The molecule has 0 heterocycles. The highest BCUT2D eigenvalue weighted by molar-refractivity contribution is 5.79. The molecule has 0 aromatic heterocycles. The monoisotopic (exact) mass is 648 g/mol. The van der Waals surface area contributed by atoms with Crippen LogP contribution in [0.2, 0.25) is 0 Å². The topological polar surface area (TPSA) is 6.48 Å². The lowest BCUT2D eigenvalue weighted by atomic mass is 9.65. The minimum absolute atomic E-state index is 0.469. The van der Waals surface area contributed by atoms with Crippen molar-refractivity contribution in [2.24, 2.45) is 0 Å². The van der Waals surface area contributed by atoms with Crippen molar-refractivity contribution in [3.05, 3.63) is 216 Å². The molecule has 2 heteroatoms. The first-order valence-corrected chi connectivity index (χ1v) is 17.5. The number of nitrogens with zero attached hydrogens (tertiary/aromatic N) is 2. The molecule has 7 aromatic carbocycles. The van der Waals surface area contributed by atoms with Gasteiger partial charge in [0.1, 0.15) is 0 Å². The maximum Gasteiger partial charge on any atom is 0.0701 e. The van der Waals surface area contributed by atoms with E-state index in [-0.39, 0.29) is 0 Å². The van der Waals surface area contributed by atoms with Crippen molar-refractivity contribution < 1.29 is 0 Å². The number of hydrogen-bond acceptors (Lipinski definition) is 2. The van der Waals surface area contributed by atoms with Gasteiger partial charge in [0.05, 0.1) is 5.41 Å². The maximum atomic E-state index is 2.36. The molecule has 0 saturated carbocycles. The molecule has 246 valence electrons. The highest BCUT2D eigenvalue weighted by atomic mass is 15.1.